The van der Waals surface area contributed by atoms with Gasteiger partial charge in [-0.25, -0.2) is 4.98 Å². The Morgan fingerprint density at radius 1 is 1.38 bits per heavy atom. The summed E-state index contributed by atoms with van der Waals surface area (Å²) in [5, 5.41) is 7.95. The van der Waals surface area contributed by atoms with Gasteiger partial charge in [-0.3, -0.25) is 0 Å². The first-order valence-electron chi connectivity index (χ1n) is 7.63. The molecule has 0 spiro atoms. The molecule has 0 aromatic carbocycles. The predicted molar refractivity (Wildman–Crippen MR) is 83.6 cm³/mol. The van der Waals surface area contributed by atoms with Crippen molar-refractivity contribution in [1.29, 1.82) is 0 Å². The van der Waals surface area contributed by atoms with Crippen LogP contribution in [0.1, 0.15) is 39.3 Å². The van der Waals surface area contributed by atoms with Crippen molar-refractivity contribution in [3.63, 3.8) is 0 Å². The SMILES string of the molecule is Cc1cc(N2CCCC2CNC(C)(C)C)n2ncnc2n1. The molecule has 1 aliphatic heterocycles. The summed E-state index contributed by atoms with van der Waals surface area (Å²) in [4.78, 5) is 11.1. The average Bonchev–Trinajstić information content (AvgIpc) is 3.02. The van der Waals surface area contributed by atoms with Gasteiger partial charge in [-0.15, -0.1) is 0 Å². The van der Waals surface area contributed by atoms with Gasteiger partial charge in [-0.05, 0) is 40.5 Å². The monoisotopic (exact) mass is 288 g/mol. The van der Waals surface area contributed by atoms with Crippen LogP contribution >= 0.6 is 0 Å². The van der Waals surface area contributed by atoms with Gasteiger partial charge >= 0.3 is 0 Å². The lowest BCUT2D eigenvalue weighted by atomic mass is 10.1. The molecule has 6 nitrogen and oxygen atoms in total. The van der Waals surface area contributed by atoms with E-state index in [0.29, 0.717) is 11.8 Å². The van der Waals surface area contributed by atoms with E-state index in [4.69, 9.17) is 0 Å². The van der Waals surface area contributed by atoms with E-state index < -0.39 is 0 Å². The first-order chi connectivity index (χ1) is 9.94. The molecule has 3 heterocycles. The van der Waals surface area contributed by atoms with Gasteiger partial charge in [0.25, 0.3) is 5.78 Å². The number of nitrogens with one attached hydrogen (secondary N) is 1. The summed E-state index contributed by atoms with van der Waals surface area (Å²) in [6.45, 7) is 10.7. The topological polar surface area (TPSA) is 58.4 Å². The highest BCUT2D eigenvalue weighted by atomic mass is 15.4. The quantitative estimate of drug-likeness (QED) is 0.933. The maximum Gasteiger partial charge on any atom is 0.254 e. The van der Waals surface area contributed by atoms with Gasteiger partial charge in [0.05, 0.1) is 0 Å². The first-order valence-corrected chi connectivity index (χ1v) is 7.63. The fourth-order valence-corrected chi connectivity index (χ4v) is 2.89. The Morgan fingerprint density at radius 2 is 2.19 bits per heavy atom. The lowest BCUT2D eigenvalue weighted by Crippen LogP contribution is -2.45. The van der Waals surface area contributed by atoms with E-state index in [2.05, 4.69) is 52.1 Å². The van der Waals surface area contributed by atoms with E-state index in [1.807, 2.05) is 11.4 Å². The van der Waals surface area contributed by atoms with E-state index in [0.717, 1.165) is 24.6 Å². The maximum atomic E-state index is 4.43. The molecule has 2 aromatic heterocycles. The second-order valence-electron chi connectivity index (χ2n) is 6.85. The number of aromatic nitrogens is 4. The minimum absolute atomic E-state index is 0.144. The van der Waals surface area contributed by atoms with Crippen molar-refractivity contribution in [2.24, 2.45) is 0 Å². The summed E-state index contributed by atoms with van der Waals surface area (Å²) in [6, 6.07) is 2.61. The van der Waals surface area contributed by atoms with E-state index in [1.54, 1.807) is 6.33 Å². The van der Waals surface area contributed by atoms with E-state index in [9.17, 15) is 0 Å². The molecule has 1 aliphatic rings. The van der Waals surface area contributed by atoms with Crippen molar-refractivity contribution in [1.82, 2.24) is 24.9 Å². The van der Waals surface area contributed by atoms with Crippen LogP contribution in [0.4, 0.5) is 5.82 Å². The Kier molecular flexibility index (Phi) is 3.57. The fraction of sp³-hybridized carbons (Fsp3) is 0.667. The number of hydrogen-bond donors (Lipinski definition) is 1. The zero-order chi connectivity index (χ0) is 15.0. The van der Waals surface area contributed by atoms with Crippen molar-refractivity contribution in [2.75, 3.05) is 18.0 Å². The number of fused-ring (bicyclic) bond motifs is 1. The van der Waals surface area contributed by atoms with Crippen LogP contribution < -0.4 is 10.2 Å². The molecule has 1 saturated heterocycles. The smallest absolute Gasteiger partial charge is 0.254 e. The standard InChI is InChI=1S/C15H24N6/c1-11-8-13(21-14(19-11)16-10-18-21)20-7-5-6-12(20)9-17-15(2,3)4/h8,10,12,17H,5-7,9H2,1-4H3. The van der Waals surface area contributed by atoms with Crippen LogP contribution in [-0.2, 0) is 0 Å². The Morgan fingerprint density at radius 3 is 2.95 bits per heavy atom. The summed E-state index contributed by atoms with van der Waals surface area (Å²) in [7, 11) is 0. The summed E-state index contributed by atoms with van der Waals surface area (Å²) >= 11 is 0. The Bertz CT molecular complexity index is 627. The third-order valence-corrected chi connectivity index (χ3v) is 3.90. The molecule has 2 aromatic rings. The molecule has 21 heavy (non-hydrogen) atoms. The minimum Gasteiger partial charge on any atom is -0.352 e. The van der Waals surface area contributed by atoms with Crippen molar-refractivity contribution >= 4 is 11.6 Å². The molecule has 1 fully saturated rings. The van der Waals surface area contributed by atoms with Crippen molar-refractivity contribution in [2.45, 2.75) is 52.1 Å². The van der Waals surface area contributed by atoms with Gasteiger partial charge < -0.3 is 10.2 Å². The van der Waals surface area contributed by atoms with Gasteiger partial charge in [0.1, 0.15) is 12.1 Å². The number of nitrogens with zero attached hydrogens (tertiary/aromatic N) is 5. The Labute approximate surface area is 125 Å². The third kappa shape index (κ3) is 3.00. The first kappa shape index (κ1) is 14.3. The zero-order valence-corrected chi connectivity index (χ0v) is 13.3. The van der Waals surface area contributed by atoms with Gasteiger partial charge in [0, 0.05) is 36.4 Å². The number of anilines is 1. The molecule has 0 saturated carbocycles. The molecule has 1 N–H and O–H groups in total. The van der Waals surface area contributed by atoms with Crippen LogP contribution in [0.3, 0.4) is 0 Å². The molecule has 0 bridgehead atoms. The Hall–Kier alpha value is -1.69. The van der Waals surface area contributed by atoms with Crippen molar-refractivity contribution in [3.8, 4) is 0 Å². The summed E-state index contributed by atoms with van der Waals surface area (Å²) < 4.78 is 1.85. The maximum absolute atomic E-state index is 4.43. The van der Waals surface area contributed by atoms with Crippen LogP contribution in [0, 0.1) is 6.92 Å². The minimum atomic E-state index is 0.144. The molecule has 0 amide bonds. The van der Waals surface area contributed by atoms with Crippen LogP contribution in [-0.4, -0.2) is 44.3 Å². The van der Waals surface area contributed by atoms with Gasteiger partial charge in [0.2, 0.25) is 0 Å². The molecule has 3 rings (SSSR count). The lowest BCUT2D eigenvalue weighted by Gasteiger charge is -2.30. The normalized spacial score (nSPS) is 19.6. The zero-order valence-electron chi connectivity index (χ0n) is 13.3. The van der Waals surface area contributed by atoms with E-state index in [1.165, 1.54) is 12.8 Å². The molecule has 114 valence electrons. The highest BCUT2D eigenvalue weighted by Crippen LogP contribution is 2.26. The lowest BCUT2D eigenvalue weighted by molar-refractivity contribution is 0.404. The largest absolute Gasteiger partial charge is 0.352 e. The summed E-state index contributed by atoms with van der Waals surface area (Å²) in [5.41, 5.74) is 1.13. The van der Waals surface area contributed by atoms with Gasteiger partial charge in [-0.1, -0.05) is 0 Å². The number of rotatable bonds is 3. The highest BCUT2D eigenvalue weighted by Gasteiger charge is 2.28. The summed E-state index contributed by atoms with van der Waals surface area (Å²) in [6.07, 6.45) is 4.00. The van der Waals surface area contributed by atoms with Crippen LogP contribution in [0.2, 0.25) is 0 Å². The molecule has 0 aliphatic carbocycles. The summed E-state index contributed by atoms with van der Waals surface area (Å²) in [5.74, 6) is 1.78. The Balaban J connectivity index is 1.88. The second kappa shape index (κ2) is 5.26. The second-order valence-corrected chi connectivity index (χ2v) is 6.85. The predicted octanol–water partition coefficient (Wildman–Crippen LogP) is 1.79. The molecule has 0 radical (unpaired) electrons. The van der Waals surface area contributed by atoms with Gasteiger partial charge in [-0.2, -0.15) is 14.6 Å². The molecule has 6 heteroatoms. The third-order valence-electron chi connectivity index (χ3n) is 3.90. The molecule has 1 unspecified atom stereocenters. The molecule has 1 atom stereocenters. The van der Waals surface area contributed by atoms with E-state index in [-0.39, 0.29) is 5.54 Å². The van der Waals surface area contributed by atoms with Crippen LogP contribution in [0.15, 0.2) is 12.4 Å². The highest BCUT2D eigenvalue weighted by molar-refractivity contribution is 5.48. The average molecular weight is 288 g/mol. The number of hydrogen-bond acceptors (Lipinski definition) is 5. The van der Waals surface area contributed by atoms with Crippen LogP contribution in [0.5, 0.6) is 0 Å². The molecular weight excluding hydrogens is 264 g/mol. The van der Waals surface area contributed by atoms with E-state index >= 15 is 0 Å². The van der Waals surface area contributed by atoms with Crippen molar-refractivity contribution in [3.05, 3.63) is 18.1 Å². The molecular formula is C15H24N6. The fourth-order valence-electron chi connectivity index (χ4n) is 2.89. The number of aryl methyl sites for hydroxylation is 1. The van der Waals surface area contributed by atoms with Crippen molar-refractivity contribution < 1.29 is 0 Å². The van der Waals surface area contributed by atoms with Crippen LogP contribution in [0.25, 0.3) is 5.78 Å². The van der Waals surface area contributed by atoms with Gasteiger partial charge in [0.15, 0.2) is 0 Å².